The SMILES string of the molecule is O=S1(=O)C=CC(NCC(O)COCc2ccccc2F)C1. The quantitative estimate of drug-likeness (QED) is 0.771. The van der Waals surface area contributed by atoms with Crippen LogP contribution in [-0.4, -0.2) is 44.6 Å². The van der Waals surface area contributed by atoms with Crippen molar-refractivity contribution in [1.82, 2.24) is 5.32 Å². The topological polar surface area (TPSA) is 75.6 Å². The van der Waals surface area contributed by atoms with Gasteiger partial charge in [-0.25, -0.2) is 12.8 Å². The molecule has 0 spiro atoms. The van der Waals surface area contributed by atoms with Crippen LogP contribution in [0.2, 0.25) is 0 Å². The van der Waals surface area contributed by atoms with Crippen LogP contribution in [0.15, 0.2) is 35.7 Å². The number of halogens is 1. The van der Waals surface area contributed by atoms with Crippen molar-refractivity contribution in [3.8, 4) is 0 Å². The van der Waals surface area contributed by atoms with Crippen LogP contribution in [-0.2, 0) is 21.2 Å². The smallest absolute Gasteiger partial charge is 0.173 e. The van der Waals surface area contributed by atoms with E-state index in [9.17, 15) is 17.9 Å². The summed E-state index contributed by atoms with van der Waals surface area (Å²) in [5.74, 6) is -0.332. The first kappa shape index (κ1) is 16.1. The molecule has 7 heteroatoms. The van der Waals surface area contributed by atoms with Gasteiger partial charge in [0, 0.05) is 23.6 Å². The van der Waals surface area contributed by atoms with E-state index in [0.29, 0.717) is 5.56 Å². The van der Waals surface area contributed by atoms with Crippen molar-refractivity contribution in [3.63, 3.8) is 0 Å². The van der Waals surface area contributed by atoms with Crippen LogP contribution < -0.4 is 5.32 Å². The van der Waals surface area contributed by atoms with Crippen molar-refractivity contribution in [2.24, 2.45) is 0 Å². The third-order valence-corrected chi connectivity index (χ3v) is 4.47. The molecule has 2 rings (SSSR count). The highest BCUT2D eigenvalue weighted by Crippen LogP contribution is 2.09. The molecule has 0 saturated heterocycles. The number of hydrogen-bond acceptors (Lipinski definition) is 5. The van der Waals surface area contributed by atoms with Crippen molar-refractivity contribution in [2.75, 3.05) is 18.9 Å². The second-order valence-corrected chi connectivity index (χ2v) is 6.86. The Labute approximate surface area is 123 Å². The Morgan fingerprint density at radius 1 is 1.43 bits per heavy atom. The third kappa shape index (κ3) is 5.20. The summed E-state index contributed by atoms with van der Waals surface area (Å²) in [6.07, 6.45) is 0.774. The summed E-state index contributed by atoms with van der Waals surface area (Å²) < 4.78 is 41.0. The van der Waals surface area contributed by atoms with Crippen LogP contribution in [0.3, 0.4) is 0 Å². The molecule has 1 heterocycles. The van der Waals surface area contributed by atoms with Crippen molar-refractivity contribution >= 4 is 9.84 Å². The molecule has 21 heavy (non-hydrogen) atoms. The van der Waals surface area contributed by atoms with Gasteiger partial charge in [0.05, 0.1) is 25.1 Å². The summed E-state index contributed by atoms with van der Waals surface area (Å²) in [5, 5.41) is 13.8. The molecule has 5 nitrogen and oxygen atoms in total. The van der Waals surface area contributed by atoms with Crippen LogP contribution >= 0.6 is 0 Å². The summed E-state index contributed by atoms with van der Waals surface area (Å²) in [5.41, 5.74) is 0.433. The number of aliphatic hydroxyl groups excluding tert-OH is 1. The van der Waals surface area contributed by atoms with Crippen LogP contribution in [0.25, 0.3) is 0 Å². The molecule has 0 aromatic heterocycles. The molecule has 2 N–H and O–H groups in total. The molecule has 1 aliphatic rings. The molecule has 1 aromatic carbocycles. The Hall–Kier alpha value is -1.28. The second kappa shape index (κ2) is 7.13. The molecular formula is C14H18FNO4S. The van der Waals surface area contributed by atoms with Crippen molar-refractivity contribution < 1.29 is 22.7 Å². The lowest BCUT2D eigenvalue weighted by atomic mass is 10.2. The minimum atomic E-state index is -3.10. The molecule has 0 aliphatic carbocycles. The second-order valence-electron chi connectivity index (χ2n) is 4.93. The van der Waals surface area contributed by atoms with Gasteiger partial charge in [0.1, 0.15) is 5.82 Å². The molecule has 2 unspecified atom stereocenters. The number of nitrogens with one attached hydrogen (secondary N) is 1. The minimum Gasteiger partial charge on any atom is -0.389 e. The highest BCUT2D eigenvalue weighted by molar-refractivity contribution is 7.94. The number of hydrogen-bond donors (Lipinski definition) is 2. The van der Waals surface area contributed by atoms with Crippen molar-refractivity contribution in [3.05, 3.63) is 47.1 Å². The standard InChI is InChI=1S/C14H18FNO4S/c15-14-4-2-1-3-11(14)8-20-9-13(17)7-16-12-5-6-21(18,19)10-12/h1-6,12-13,16-17H,7-10H2. The van der Waals surface area contributed by atoms with Gasteiger partial charge in [0.15, 0.2) is 9.84 Å². The summed E-state index contributed by atoms with van der Waals surface area (Å²) in [6.45, 7) is 0.341. The first-order valence-electron chi connectivity index (χ1n) is 6.60. The van der Waals surface area contributed by atoms with Gasteiger partial charge < -0.3 is 15.2 Å². The Bertz CT molecular complexity index is 603. The molecule has 0 radical (unpaired) electrons. The van der Waals surface area contributed by atoms with E-state index in [1.165, 1.54) is 11.5 Å². The highest BCUT2D eigenvalue weighted by Gasteiger charge is 2.21. The third-order valence-electron chi connectivity index (χ3n) is 3.07. The molecule has 0 saturated carbocycles. The molecule has 0 amide bonds. The number of ether oxygens (including phenoxy) is 1. The van der Waals surface area contributed by atoms with Gasteiger partial charge in [-0.15, -0.1) is 0 Å². The van der Waals surface area contributed by atoms with E-state index < -0.39 is 15.9 Å². The van der Waals surface area contributed by atoms with E-state index in [1.54, 1.807) is 24.3 Å². The maximum Gasteiger partial charge on any atom is 0.173 e. The van der Waals surface area contributed by atoms with Crippen LogP contribution in [0, 0.1) is 5.82 Å². The van der Waals surface area contributed by atoms with Gasteiger partial charge in [-0.05, 0) is 6.07 Å². The molecular weight excluding hydrogens is 297 g/mol. The highest BCUT2D eigenvalue weighted by atomic mass is 32.2. The predicted molar refractivity (Wildman–Crippen MR) is 76.8 cm³/mol. The van der Waals surface area contributed by atoms with E-state index >= 15 is 0 Å². The Morgan fingerprint density at radius 2 is 2.19 bits per heavy atom. The lowest BCUT2D eigenvalue weighted by molar-refractivity contribution is 0.0274. The van der Waals surface area contributed by atoms with Gasteiger partial charge in [-0.3, -0.25) is 0 Å². The zero-order chi connectivity index (χ0) is 15.3. The summed E-state index contributed by atoms with van der Waals surface area (Å²) in [6, 6.07) is 6.00. The van der Waals surface area contributed by atoms with Crippen LogP contribution in [0.1, 0.15) is 5.56 Å². The molecule has 1 aromatic rings. The van der Waals surface area contributed by atoms with E-state index in [2.05, 4.69) is 5.32 Å². The molecule has 116 valence electrons. The van der Waals surface area contributed by atoms with Gasteiger partial charge >= 0.3 is 0 Å². The fourth-order valence-corrected chi connectivity index (χ4v) is 3.24. The Kier molecular flexibility index (Phi) is 5.46. The van der Waals surface area contributed by atoms with E-state index in [-0.39, 0.29) is 37.4 Å². The van der Waals surface area contributed by atoms with Gasteiger partial charge in [0.25, 0.3) is 0 Å². The summed E-state index contributed by atoms with van der Waals surface area (Å²) in [4.78, 5) is 0. The predicted octanol–water partition coefficient (Wildman–Crippen LogP) is 0.603. The first-order valence-corrected chi connectivity index (χ1v) is 8.31. The fourth-order valence-electron chi connectivity index (χ4n) is 1.97. The number of aliphatic hydroxyl groups is 1. The number of sulfone groups is 1. The van der Waals surface area contributed by atoms with Gasteiger partial charge in [-0.2, -0.15) is 0 Å². The monoisotopic (exact) mass is 315 g/mol. The Balaban J connectivity index is 1.65. The van der Waals surface area contributed by atoms with Crippen molar-refractivity contribution in [2.45, 2.75) is 18.8 Å². The molecule has 0 fully saturated rings. The summed E-state index contributed by atoms with van der Waals surface area (Å²) >= 11 is 0. The zero-order valence-electron chi connectivity index (χ0n) is 11.4. The molecule has 0 bridgehead atoms. The van der Waals surface area contributed by atoms with Crippen molar-refractivity contribution in [1.29, 1.82) is 0 Å². The largest absolute Gasteiger partial charge is 0.389 e. The normalized spacial score (nSPS) is 21.5. The van der Waals surface area contributed by atoms with Crippen LogP contribution in [0.4, 0.5) is 4.39 Å². The van der Waals surface area contributed by atoms with E-state index in [1.807, 2.05) is 0 Å². The maximum absolute atomic E-state index is 13.3. The molecule has 1 aliphatic heterocycles. The zero-order valence-corrected chi connectivity index (χ0v) is 12.2. The number of benzene rings is 1. The lowest BCUT2D eigenvalue weighted by Gasteiger charge is -2.15. The van der Waals surface area contributed by atoms with E-state index in [0.717, 1.165) is 0 Å². The average Bonchev–Trinajstić information content (AvgIpc) is 2.78. The van der Waals surface area contributed by atoms with Gasteiger partial charge in [-0.1, -0.05) is 24.3 Å². The lowest BCUT2D eigenvalue weighted by Crippen LogP contribution is -2.38. The maximum atomic E-state index is 13.3. The Morgan fingerprint density at radius 3 is 2.86 bits per heavy atom. The van der Waals surface area contributed by atoms with Crippen LogP contribution in [0.5, 0.6) is 0 Å². The number of rotatable bonds is 7. The first-order chi connectivity index (χ1) is 9.96. The average molecular weight is 315 g/mol. The minimum absolute atomic E-state index is 0.00973. The molecule has 2 atom stereocenters. The summed E-state index contributed by atoms with van der Waals surface area (Å²) in [7, 11) is -3.10. The van der Waals surface area contributed by atoms with Gasteiger partial charge in [0.2, 0.25) is 0 Å². The van der Waals surface area contributed by atoms with E-state index in [4.69, 9.17) is 4.74 Å². The fraction of sp³-hybridized carbons (Fsp3) is 0.429.